The van der Waals surface area contributed by atoms with E-state index in [-0.39, 0.29) is 0 Å². The number of nitrogens with zero attached hydrogens (tertiary/aromatic N) is 2. The van der Waals surface area contributed by atoms with Crippen LogP contribution in [0.15, 0.2) is 30.6 Å². The number of anilines is 1. The third-order valence-electron chi connectivity index (χ3n) is 3.04. The summed E-state index contributed by atoms with van der Waals surface area (Å²) >= 11 is 0. The van der Waals surface area contributed by atoms with Crippen molar-refractivity contribution >= 4 is 16.7 Å². The van der Waals surface area contributed by atoms with Crippen LogP contribution in [0.4, 0.5) is 5.82 Å². The number of ether oxygens (including phenoxy) is 1. The third kappa shape index (κ3) is 2.22. The van der Waals surface area contributed by atoms with Gasteiger partial charge in [-0.3, -0.25) is 0 Å². The topological polar surface area (TPSA) is 47.0 Å². The molecule has 1 unspecified atom stereocenters. The molecule has 0 amide bonds. The SMILES string of the molecule is c1ccc2c(NC3CCCOC3)ncnc2c1. The van der Waals surface area contributed by atoms with E-state index < -0.39 is 0 Å². The van der Waals surface area contributed by atoms with Crippen molar-refractivity contribution in [2.45, 2.75) is 18.9 Å². The first-order valence-corrected chi connectivity index (χ1v) is 5.97. The summed E-state index contributed by atoms with van der Waals surface area (Å²) in [6.07, 6.45) is 3.85. The number of benzene rings is 1. The normalized spacial score (nSPS) is 20.4. The van der Waals surface area contributed by atoms with Gasteiger partial charge in [-0.1, -0.05) is 12.1 Å². The monoisotopic (exact) mass is 229 g/mol. The van der Waals surface area contributed by atoms with E-state index in [1.54, 1.807) is 6.33 Å². The summed E-state index contributed by atoms with van der Waals surface area (Å²) in [5.41, 5.74) is 0.974. The van der Waals surface area contributed by atoms with E-state index in [0.29, 0.717) is 6.04 Å². The van der Waals surface area contributed by atoms with Crippen molar-refractivity contribution in [3.8, 4) is 0 Å². The highest BCUT2D eigenvalue weighted by Crippen LogP contribution is 2.20. The first-order valence-electron chi connectivity index (χ1n) is 5.97. The number of nitrogens with one attached hydrogen (secondary N) is 1. The Hall–Kier alpha value is -1.68. The van der Waals surface area contributed by atoms with Crippen LogP contribution in [-0.4, -0.2) is 29.2 Å². The van der Waals surface area contributed by atoms with Crippen LogP contribution in [0.2, 0.25) is 0 Å². The minimum absolute atomic E-state index is 0.363. The second kappa shape index (κ2) is 4.67. The van der Waals surface area contributed by atoms with Crippen molar-refractivity contribution in [2.24, 2.45) is 0 Å². The molecule has 2 aromatic rings. The molecule has 17 heavy (non-hydrogen) atoms. The molecule has 4 nitrogen and oxygen atoms in total. The van der Waals surface area contributed by atoms with Crippen LogP contribution in [0.25, 0.3) is 10.9 Å². The van der Waals surface area contributed by atoms with Gasteiger partial charge in [0.05, 0.1) is 18.2 Å². The number of rotatable bonds is 2. The Labute approximate surface area is 100 Å². The molecule has 0 spiro atoms. The predicted molar refractivity (Wildman–Crippen MR) is 67.0 cm³/mol. The zero-order chi connectivity index (χ0) is 11.5. The van der Waals surface area contributed by atoms with Crippen LogP contribution in [0.3, 0.4) is 0 Å². The average Bonchev–Trinajstić information content (AvgIpc) is 2.40. The molecule has 1 aromatic carbocycles. The van der Waals surface area contributed by atoms with Crippen molar-refractivity contribution in [3.05, 3.63) is 30.6 Å². The minimum atomic E-state index is 0.363. The summed E-state index contributed by atoms with van der Waals surface area (Å²) in [7, 11) is 0. The second-order valence-electron chi connectivity index (χ2n) is 4.30. The molecule has 0 radical (unpaired) electrons. The molecule has 1 fully saturated rings. The minimum Gasteiger partial charge on any atom is -0.379 e. The molecule has 1 atom stereocenters. The Morgan fingerprint density at radius 2 is 2.18 bits per heavy atom. The fraction of sp³-hybridized carbons (Fsp3) is 0.385. The molecule has 1 saturated heterocycles. The molecule has 3 rings (SSSR count). The molecule has 4 heteroatoms. The van der Waals surface area contributed by atoms with Crippen LogP contribution >= 0.6 is 0 Å². The van der Waals surface area contributed by atoms with Gasteiger partial charge in [-0.15, -0.1) is 0 Å². The lowest BCUT2D eigenvalue weighted by Crippen LogP contribution is -2.30. The van der Waals surface area contributed by atoms with E-state index in [0.717, 1.165) is 42.8 Å². The molecular weight excluding hydrogens is 214 g/mol. The quantitative estimate of drug-likeness (QED) is 0.857. The molecule has 1 aliphatic rings. The lowest BCUT2D eigenvalue weighted by atomic mass is 10.1. The molecular formula is C13H15N3O. The van der Waals surface area contributed by atoms with Gasteiger partial charge in [0.2, 0.25) is 0 Å². The highest BCUT2D eigenvalue weighted by atomic mass is 16.5. The molecule has 0 aliphatic carbocycles. The molecule has 0 saturated carbocycles. The van der Waals surface area contributed by atoms with Gasteiger partial charge in [0.15, 0.2) is 0 Å². The third-order valence-corrected chi connectivity index (χ3v) is 3.04. The lowest BCUT2D eigenvalue weighted by Gasteiger charge is -2.24. The van der Waals surface area contributed by atoms with Gasteiger partial charge in [-0.05, 0) is 25.0 Å². The highest BCUT2D eigenvalue weighted by molar-refractivity contribution is 5.88. The van der Waals surface area contributed by atoms with Gasteiger partial charge >= 0.3 is 0 Å². The predicted octanol–water partition coefficient (Wildman–Crippen LogP) is 2.22. The van der Waals surface area contributed by atoms with E-state index in [1.807, 2.05) is 24.3 Å². The van der Waals surface area contributed by atoms with Gasteiger partial charge < -0.3 is 10.1 Å². The molecule has 1 aliphatic heterocycles. The zero-order valence-electron chi connectivity index (χ0n) is 9.60. The zero-order valence-corrected chi connectivity index (χ0v) is 9.60. The van der Waals surface area contributed by atoms with Crippen LogP contribution in [0, 0.1) is 0 Å². The summed E-state index contributed by atoms with van der Waals surface area (Å²) < 4.78 is 5.46. The summed E-state index contributed by atoms with van der Waals surface area (Å²) in [4.78, 5) is 8.58. The van der Waals surface area contributed by atoms with Crippen LogP contribution in [-0.2, 0) is 4.74 Å². The molecule has 88 valence electrons. The maximum absolute atomic E-state index is 5.46. The summed E-state index contributed by atoms with van der Waals surface area (Å²) in [6.45, 7) is 1.64. The Balaban J connectivity index is 1.89. The Bertz CT molecular complexity index is 503. The van der Waals surface area contributed by atoms with Crippen molar-refractivity contribution < 1.29 is 4.74 Å². The highest BCUT2D eigenvalue weighted by Gasteiger charge is 2.15. The smallest absolute Gasteiger partial charge is 0.137 e. The molecule has 2 heterocycles. The maximum atomic E-state index is 5.46. The number of hydrogen-bond acceptors (Lipinski definition) is 4. The van der Waals surface area contributed by atoms with Crippen LogP contribution in [0.5, 0.6) is 0 Å². The van der Waals surface area contributed by atoms with Crippen LogP contribution < -0.4 is 5.32 Å². The summed E-state index contributed by atoms with van der Waals surface area (Å²) in [5, 5.41) is 4.52. The first-order chi connectivity index (χ1) is 8.43. The Morgan fingerprint density at radius 1 is 1.24 bits per heavy atom. The van der Waals surface area contributed by atoms with E-state index >= 15 is 0 Å². The Morgan fingerprint density at radius 3 is 3.06 bits per heavy atom. The van der Waals surface area contributed by atoms with Gasteiger partial charge in [0, 0.05) is 12.0 Å². The van der Waals surface area contributed by atoms with E-state index in [9.17, 15) is 0 Å². The standard InChI is InChI=1S/C13H15N3O/c1-2-6-12-11(5-1)13(15-9-14-12)16-10-4-3-7-17-8-10/h1-2,5-6,9-10H,3-4,7-8H2,(H,14,15,16). The van der Waals surface area contributed by atoms with Crippen molar-refractivity contribution in [1.82, 2.24) is 9.97 Å². The number of para-hydroxylation sites is 1. The second-order valence-corrected chi connectivity index (χ2v) is 4.30. The van der Waals surface area contributed by atoms with Crippen molar-refractivity contribution in [1.29, 1.82) is 0 Å². The number of aromatic nitrogens is 2. The molecule has 1 N–H and O–H groups in total. The van der Waals surface area contributed by atoms with Gasteiger partial charge in [-0.25, -0.2) is 9.97 Å². The maximum Gasteiger partial charge on any atom is 0.137 e. The largest absolute Gasteiger partial charge is 0.379 e. The van der Waals surface area contributed by atoms with Crippen molar-refractivity contribution in [3.63, 3.8) is 0 Å². The number of hydrogen-bond donors (Lipinski definition) is 1. The Kier molecular flexibility index (Phi) is 2.88. The molecule has 0 bridgehead atoms. The van der Waals surface area contributed by atoms with Gasteiger partial charge in [0.25, 0.3) is 0 Å². The molecule has 1 aromatic heterocycles. The fourth-order valence-electron chi connectivity index (χ4n) is 2.17. The number of fused-ring (bicyclic) bond motifs is 1. The van der Waals surface area contributed by atoms with Gasteiger partial charge in [0.1, 0.15) is 12.1 Å². The van der Waals surface area contributed by atoms with E-state index in [1.165, 1.54) is 0 Å². The van der Waals surface area contributed by atoms with Crippen molar-refractivity contribution in [2.75, 3.05) is 18.5 Å². The summed E-state index contributed by atoms with van der Waals surface area (Å²) in [6, 6.07) is 8.40. The fourth-order valence-corrected chi connectivity index (χ4v) is 2.17. The van der Waals surface area contributed by atoms with E-state index in [4.69, 9.17) is 4.74 Å². The average molecular weight is 229 g/mol. The lowest BCUT2D eigenvalue weighted by molar-refractivity contribution is 0.0875. The summed E-state index contributed by atoms with van der Waals surface area (Å²) in [5.74, 6) is 0.908. The van der Waals surface area contributed by atoms with Crippen LogP contribution in [0.1, 0.15) is 12.8 Å². The van der Waals surface area contributed by atoms with E-state index in [2.05, 4.69) is 15.3 Å². The van der Waals surface area contributed by atoms with Gasteiger partial charge in [-0.2, -0.15) is 0 Å². The first kappa shape index (κ1) is 10.5.